The molecule has 0 radical (unpaired) electrons. The molecule has 1 rings (SSSR count). The number of rotatable bonds is 6. The van der Waals surface area contributed by atoms with E-state index in [9.17, 15) is 4.79 Å². The first-order valence-corrected chi connectivity index (χ1v) is 7.79. The number of thiazole rings is 1. The van der Waals surface area contributed by atoms with E-state index in [0.717, 1.165) is 17.1 Å². The summed E-state index contributed by atoms with van der Waals surface area (Å²) in [6.07, 6.45) is 1.29. The van der Waals surface area contributed by atoms with Crippen LogP contribution in [-0.2, 0) is 16.6 Å². The number of nitrogens with zero attached hydrogens (tertiary/aromatic N) is 1. The molecule has 0 aliphatic carbocycles. The van der Waals surface area contributed by atoms with Crippen molar-refractivity contribution < 1.29 is 4.79 Å². The van der Waals surface area contributed by atoms with Crippen molar-refractivity contribution in [2.24, 2.45) is 17.6 Å². The van der Waals surface area contributed by atoms with Gasteiger partial charge in [0.1, 0.15) is 10.8 Å². The van der Waals surface area contributed by atoms with Crippen LogP contribution in [0.5, 0.6) is 0 Å². The number of aromatic nitrogens is 1. The van der Waals surface area contributed by atoms with Gasteiger partial charge in [-0.2, -0.15) is 0 Å². The Kier molecular flexibility index (Phi) is 5.68. The van der Waals surface area contributed by atoms with E-state index in [4.69, 9.17) is 5.73 Å². The molecule has 1 unspecified atom stereocenters. The maximum absolute atomic E-state index is 12.2. The average molecular weight is 282 g/mol. The molecule has 1 aromatic rings. The van der Waals surface area contributed by atoms with Crippen molar-refractivity contribution in [3.8, 4) is 0 Å². The minimum atomic E-state index is -0.0259. The fraction of sp³-hybridized carbons (Fsp3) is 0.733. The predicted molar refractivity (Wildman–Crippen MR) is 81.5 cm³/mol. The van der Waals surface area contributed by atoms with Gasteiger partial charge in [-0.1, -0.05) is 34.6 Å². The van der Waals surface area contributed by atoms with Gasteiger partial charge in [0.2, 0.25) is 0 Å². The zero-order valence-electron chi connectivity index (χ0n) is 12.7. The number of hydrogen-bond acceptors (Lipinski definition) is 4. The molecule has 1 heterocycles. The van der Waals surface area contributed by atoms with Crippen molar-refractivity contribution in [1.29, 1.82) is 0 Å². The summed E-state index contributed by atoms with van der Waals surface area (Å²) in [4.78, 5) is 16.8. The van der Waals surface area contributed by atoms with Gasteiger partial charge in [-0.3, -0.25) is 4.79 Å². The molecule has 19 heavy (non-hydrogen) atoms. The van der Waals surface area contributed by atoms with E-state index in [1.54, 1.807) is 11.3 Å². The summed E-state index contributed by atoms with van der Waals surface area (Å²) in [7, 11) is 0. The molecular formula is C15H26N2OS. The van der Waals surface area contributed by atoms with Gasteiger partial charge in [0.15, 0.2) is 0 Å². The molecule has 0 spiro atoms. The molecule has 0 aromatic carbocycles. The molecule has 108 valence electrons. The van der Waals surface area contributed by atoms with Gasteiger partial charge in [0, 0.05) is 23.3 Å². The standard InChI is InChI=1S/C15H26N2OS/c1-10(2)6-11(8-16)12(18)7-14-17-13(9-19-14)15(3,4)5/h9-11H,6-8,16H2,1-5H3. The van der Waals surface area contributed by atoms with Crippen LogP contribution in [0.4, 0.5) is 0 Å². The Hall–Kier alpha value is -0.740. The first-order chi connectivity index (χ1) is 8.74. The Morgan fingerprint density at radius 3 is 2.47 bits per heavy atom. The summed E-state index contributed by atoms with van der Waals surface area (Å²) in [5.41, 5.74) is 6.82. The van der Waals surface area contributed by atoms with Crippen molar-refractivity contribution in [3.05, 3.63) is 16.1 Å². The minimum Gasteiger partial charge on any atom is -0.330 e. The van der Waals surface area contributed by atoms with E-state index < -0.39 is 0 Å². The number of hydrogen-bond donors (Lipinski definition) is 1. The molecule has 1 atom stereocenters. The first-order valence-electron chi connectivity index (χ1n) is 6.91. The molecule has 0 aliphatic rings. The summed E-state index contributed by atoms with van der Waals surface area (Å²) in [6.45, 7) is 11.1. The van der Waals surface area contributed by atoms with Crippen molar-refractivity contribution >= 4 is 17.1 Å². The summed E-state index contributed by atoms with van der Waals surface area (Å²) in [5.74, 6) is 0.701. The van der Waals surface area contributed by atoms with Gasteiger partial charge in [-0.15, -0.1) is 11.3 Å². The molecule has 0 saturated carbocycles. The number of nitrogens with two attached hydrogens (primary N) is 1. The maximum Gasteiger partial charge on any atom is 0.144 e. The summed E-state index contributed by atoms with van der Waals surface area (Å²) >= 11 is 1.58. The Balaban J connectivity index is 2.68. The summed E-state index contributed by atoms with van der Waals surface area (Å²) < 4.78 is 0. The van der Waals surface area contributed by atoms with Gasteiger partial charge < -0.3 is 5.73 Å². The molecule has 0 amide bonds. The van der Waals surface area contributed by atoms with Crippen LogP contribution in [0.15, 0.2) is 5.38 Å². The Morgan fingerprint density at radius 2 is 2.05 bits per heavy atom. The van der Waals surface area contributed by atoms with E-state index in [0.29, 0.717) is 18.9 Å². The quantitative estimate of drug-likeness (QED) is 0.872. The fourth-order valence-electron chi connectivity index (χ4n) is 1.96. The van der Waals surface area contributed by atoms with Crippen LogP contribution in [0.2, 0.25) is 0 Å². The van der Waals surface area contributed by atoms with E-state index in [2.05, 4.69) is 45.0 Å². The first kappa shape index (κ1) is 16.3. The molecule has 0 bridgehead atoms. The smallest absolute Gasteiger partial charge is 0.144 e. The molecule has 3 nitrogen and oxygen atoms in total. The van der Waals surface area contributed by atoms with Crippen LogP contribution < -0.4 is 5.73 Å². The van der Waals surface area contributed by atoms with Crippen molar-refractivity contribution in [3.63, 3.8) is 0 Å². The van der Waals surface area contributed by atoms with Crippen molar-refractivity contribution in [2.75, 3.05) is 6.54 Å². The molecule has 4 heteroatoms. The highest BCUT2D eigenvalue weighted by atomic mass is 32.1. The molecule has 0 fully saturated rings. The van der Waals surface area contributed by atoms with Crippen LogP contribution in [-0.4, -0.2) is 17.3 Å². The van der Waals surface area contributed by atoms with E-state index in [1.807, 2.05) is 0 Å². The topological polar surface area (TPSA) is 56.0 Å². The lowest BCUT2D eigenvalue weighted by Gasteiger charge is -2.15. The van der Waals surface area contributed by atoms with E-state index >= 15 is 0 Å². The third-order valence-corrected chi connectivity index (χ3v) is 3.99. The van der Waals surface area contributed by atoms with Crippen LogP contribution >= 0.6 is 11.3 Å². The Bertz CT molecular complexity index is 418. The number of ketones is 1. The summed E-state index contributed by atoms with van der Waals surface area (Å²) in [5, 5.41) is 2.97. The third-order valence-electron chi connectivity index (χ3n) is 3.14. The van der Waals surface area contributed by atoms with Gasteiger partial charge in [0.05, 0.1) is 12.1 Å². The lowest BCUT2D eigenvalue weighted by molar-refractivity contribution is -0.122. The SMILES string of the molecule is CC(C)CC(CN)C(=O)Cc1nc(C(C)(C)C)cs1. The molecule has 1 aromatic heterocycles. The number of carbonyl (C=O) groups excluding carboxylic acids is 1. The molecule has 0 saturated heterocycles. The van der Waals surface area contributed by atoms with Crippen molar-refractivity contribution in [1.82, 2.24) is 4.98 Å². The lowest BCUT2D eigenvalue weighted by Crippen LogP contribution is -2.26. The second-order valence-electron chi connectivity index (χ2n) is 6.58. The zero-order valence-corrected chi connectivity index (χ0v) is 13.5. The monoisotopic (exact) mass is 282 g/mol. The Labute approximate surface area is 120 Å². The highest BCUT2D eigenvalue weighted by molar-refractivity contribution is 7.09. The van der Waals surface area contributed by atoms with Gasteiger partial charge >= 0.3 is 0 Å². The normalized spacial score (nSPS) is 13.8. The zero-order chi connectivity index (χ0) is 14.6. The van der Waals surface area contributed by atoms with Gasteiger partial charge in [-0.25, -0.2) is 4.98 Å². The third kappa shape index (κ3) is 5.03. The maximum atomic E-state index is 12.2. The van der Waals surface area contributed by atoms with Crippen LogP contribution in [0.1, 0.15) is 51.7 Å². The summed E-state index contributed by atoms with van der Waals surface area (Å²) in [6, 6.07) is 0. The average Bonchev–Trinajstić information content (AvgIpc) is 2.73. The number of Topliss-reactive ketones (excluding diaryl/α,β-unsaturated/α-hetero) is 1. The molecule has 0 aliphatic heterocycles. The van der Waals surface area contributed by atoms with Crippen LogP contribution in [0, 0.1) is 11.8 Å². The van der Waals surface area contributed by atoms with Gasteiger partial charge in [-0.05, 0) is 12.3 Å². The predicted octanol–water partition coefficient (Wildman–Crippen LogP) is 3.17. The Morgan fingerprint density at radius 1 is 1.42 bits per heavy atom. The second kappa shape index (κ2) is 6.62. The van der Waals surface area contributed by atoms with E-state index in [1.165, 1.54) is 0 Å². The van der Waals surface area contributed by atoms with E-state index in [-0.39, 0.29) is 17.1 Å². The molecule has 2 N–H and O–H groups in total. The van der Waals surface area contributed by atoms with Crippen LogP contribution in [0.25, 0.3) is 0 Å². The highest BCUT2D eigenvalue weighted by Gasteiger charge is 2.22. The largest absolute Gasteiger partial charge is 0.330 e. The van der Waals surface area contributed by atoms with Gasteiger partial charge in [0.25, 0.3) is 0 Å². The second-order valence-corrected chi connectivity index (χ2v) is 7.52. The van der Waals surface area contributed by atoms with Crippen LogP contribution in [0.3, 0.4) is 0 Å². The minimum absolute atomic E-state index is 0.0259. The highest BCUT2D eigenvalue weighted by Crippen LogP contribution is 2.25. The van der Waals surface area contributed by atoms with Crippen molar-refractivity contribution in [2.45, 2.75) is 52.9 Å². The lowest BCUT2D eigenvalue weighted by atomic mass is 9.92. The fourth-order valence-corrected chi connectivity index (χ4v) is 2.99. The molecular weight excluding hydrogens is 256 g/mol. The number of carbonyl (C=O) groups is 1.